The third-order valence-electron chi connectivity index (χ3n) is 5.43. The van der Waals surface area contributed by atoms with E-state index in [1.54, 1.807) is 0 Å². The topological polar surface area (TPSA) is 129 Å². The first-order valence-corrected chi connectivity index (χ1v) is 11.4. The Morgan fingerprint density at radius 3 is 2.68 bits per heavy atom. The standard InChI is InChI=1S/C25H31N5O4/c1-18(2)15-27-24(32)25(14-20-6-3-4-7-21(20)16-28-30-26)17-34-23(29-25)19-8-10-22(11-9-19)33-13-5-12-31/h3-4,6-11,18,31H,5,12-17H2,1-2H3,(H,27,32)/t25-/m1/s1. The van der Waals surface area contributed by atoms with Gasteiger partial charge in [0.25, 0.3) is 5.91 Å². The number of hydrogen-bond donors (Lipinski definition) is 2. The number of nitrogens with one attached hydrogen (secondary N) is 1. The summed E-state index contributed by atoms with van der Waals surface area (Å²) in [5.41, 5.74) is 10.1. The van der Waals surface area contributed by atoms with E-state index >= 15 is 0 Å². The zero-order chi connectivity index (χ0) is 24.4. The third-order valence-corrected chi connectivity index (χ3v) is 5.43. The largest absolute Gasteiger partial charge is 0.494 e. The first kappa shape index (κ1) is 25.1. The van der Waals surface area contributed by atoms with Gasteiger partial charge in [-0.15, -0.1) is 0 Å². The van der Waals surface area contributed by atoms with Gasteiger partial charge in [-0.05, 0) is 46.8 Å². The summed E-state index contributed by atoms with van der Waals surface area (Å²) >= 11 is 0. The van der Waals surface area contributed by atoms with Crippen LogP contribution in [-0.4, -0.2) is 48.8 Å². The zero-order valence-corrected chi connectivity index (χ0v) is 19.6. The number of aliphatic hydroxyl groups is 1. The molecular weight excluding hydrogens is 434 g/mol. The van der Waals surface area contributed by atoms with E-state index in [9.17, 15) is 4.79 Å². The van der Waals surface area contributed by atoms with Gasteiger partial charge in [0.2, 0.25) is 5.90 Å². The van der Waals surface area contributed by atoms with Crippen LogP contribution < -0.4 is 10.1 Å². The van der Waals surface area contributed by atoms with E-state index in [0.717, 1.165) is 16.7 Å². The lowest BCUT2D eigenvalue weighted by atomic mass is 9.89. The predicted octanol–water partition coefficient (Wildman–Crippen LogP) is 3.79. The molecule has 1 aliphatic rings. The summed E-state index contributed by atoms with van der Waals surface area (Å²) in [6.07, 6.45) is 0.882. The molecule has 9 heteroatoms. The summed E-state index contributed by atoms with van der Waals surface area (Å²) < 4.78 is 11.5. The number of benzene rings is 2. The van der Waals surface area contributed by atoms with Crippen molar-refractivity contribution >= 4 is 11.8 Å². The molecule has 1 aliphatic heterocycles. The van der Waals surface area contributed by atoms with Crippen LogP contribution in [0.25, 0.3) is 10.4 Å². The van der Waals surface area contributed by atoms with Crippen LogP contribution in [0.4, 0.5) is 0 Å². The summed E-state index contributed by atoms with van der Waals surface area (Å²) in [6.45, 7) is 5.42. The van der Waals surface area contributed by atoms with E-state index in [4.69, 9.17) is 25.1 Å². The monoisotopic (exact) mass is 465 g/mol. The maximum absolute atomic E-state index is 13.4. The van der Waals surface area contributed by atoms with Crippen molar-refractivity contribution in [3.63, 3.8) is 0 Å². The molecular formula is C25H31N5O4. The van der Waals surface area contributed by atoms with Gasteiger partial charge < -0.3 is 19.9 Å². The number of azide groups is 1. The Balaban J connectivity index is 1.88. The Hall–Kier alpha value is -3.55. The highest BCUT2D eigenvalue weighted by Gasteiger charge is 2.44. The number of amides is 1. The first-order chi connectivity index (χ1) is 16.5. The number of ether oxygens (including phenoxy) is 2. The van der Waals surface area contributed by atoms with Gasteiger partial charge in [-0.25, -0.2) is 4.99 Å². The van der Waals surface area contributed by atoms with E-state index in [1.165, 1.54) is 0 Å². The summed E-state index contributed by atoms with van der Waals surface area (Å²) in [5, 5.41) is 15.6. The molecule has 0 fully saturated rings. The minimum atomic E-state index is -1.13. The molecule has 0 saturated heterocycles. The first-order valence-electron chi connectivity index (χ1n) is 11.4. The molecule has 0 bridgehead atoms. The van der Waals surface area contributed by atoms with E-state index in [1.807, 2.05) is 62.4 Å². The number of carbonyl (C=O) groups excluding carboxylic acids is 1. The maximum Gasteiger partial charge on any atom is 0.251 e. The maximum atomic E-state index is 13.4. The van der Waals surface area contributed by atoms with Crippen LogP contribution in [0.1, 0.15) is 37.0 Å². The fraction of sp³-hybridized carbons (Fsp3) is 0.440. The van der Waals surface area contributed by atoms with Gasteiger partial charge in [0.1, 0.15) is 12.4 Å². The lowest BCUT2D eigenvalue weighted by molar-refractivity contribution is -0.126. The van der Waals surface area contributed by atoms with Crippen LogP contribution >= 0.6 is 0 Å². The Labute approximate surface area is 199 Å². The summed E-state index contributed by atoms with van der Waals surface area (Å²) in [5.74, 6) is 1.18. The molecule has 0 radical (unpaired) electrons. The molecule has 3 rings (SSSR count). The second kappa shape index (κ2) is 12.1. The number of carbonyl (C=O) groups is 1. The number of aliphatic hydroxyl groups excluding tert-OH is 1. The molecule has 34 heavy (non-hydrogen) atoms. The normalized spacial score (nSPS) is 17.0. The predicted molar refractivity (Wildman–Crippen MR) is 130 cm³/mol. The molecule has 0 unspecified atom stereocenters. The van der Waals surface area contributed by atoms with Gasteiger partial charge in [-0.2, -0.15) is 0 Å². The van der Waals surface area contributed by atoms with E-state index in [0.29, 0.717) is 43.6 Å². The smallest absolute Gasteiger partial charge is 0.251 e. The van der Waals surface area contributed by atoms with Crippen molar-refractivity contribution in [3.8, 4) is 5.75 Å². The van der Waals surface area contributed by atoms with Crippen LogP contribution in [0.5, 0.6) is 5.75 Å². The minimum Gasteiger partial charge on any atom is -0.494 e. The van der Waals surface area contributed by atoms with E-state index in [-0.39, 0.29) is 25.7 Å². The number of rotatable bonds is 12. The Morgan fingerprint density at radius 1 is 1.26 bits per heavy atom. The number of hydrogen-bond acceptors (Lipinski definition) is 6. The van der Waals surface area contributed by atoms with Crippen molar-refractivity contribution in [1.82, 2.24) is 5.32 Å². The van der Waals surface area contributed by atoms with Crippen molar-refractivity contribution in [3.05, 3.63) is 75.7 Å². The average molecular weight is 466 g/mol. The van der Waals surface area contributed by atoms with Crippen LogP contribution in [0.15, 0.2) is 58.6 Å². The van der Waals surface area contributed by atoms with Gasteiger partial charge in [0.05, 0.1) is 13.2 Å². The van der Waals surface area contributed by atoms with Crippen LogP contribution in [0, 0.1) is 5.92 Å². The molecule has 180 valence electrons. The molecule has 1 amide bonds. The van der Waals surface area contributed by atoms with Crippen molar-refractivity contribution in [1.29, 1.82) is 0 Å². The summed E-state index contributed by atoms with van der Waals surface area (Å²) in [6, 6.07) is 14.9. The molecule has 1 heterocycles. The lowest BCUT2D eigenvalue weighted by Gasteiger charge is -2.25. The molecule has 0 saturated carbocycles. The van der Waals surface area contributed by atoms with E-state index in [2.05, 4.69) is 15.3 Å². The third kappa shape index (κ3) is 6.50. The van der Waals surface area contributed by atoms with Gasteiger partial charge in [-0.1, -0.05) is 43.2 Å². The van der Waals surface area contributed by atoms with Gasteiger partial charge >= 0.3 is 0 Å². The van der Waals surface area contributed by atoms with Crippen molar-refractivity contribution in [2.75, 3.05) is 26.4 Å². The van der Waals surface area contributed by atoms with Gasteiger partial charge in [-0.3, -0.25) is 4.79 Å². The van der Waals surface area contributed by atoms with Crippen molar-refractivity contribution in [2.45, 2.75) is 38.8 Å². The minimum absolute atomic E-state index is 0.0790. The average Bonchev–Trinajstić information content (AvgIpc) is 3.28. The number of aliphatic imine (C=N–C) groups is 1. The van der Waals surface area contributed by atoms with Crippen LogP contribution in [0.3, 0.4) is 0 Å². The highest BCUT2D eigenvalue weighted by Crippen LogP contribution is 2.29. The summed E-state index contributed by atoms with van der Waals surface area (Å²) in [4.78, 5) is 21.0. The molecule has 9 nitrogen and oxygen atoms in total. The fourth-order valence-electron chi connectivity index (χ4n) is 3.60. The lowest BCUT2D eigenvalue weighted by Crippen LogP contribution is -2.49. The highest BCUT2D eigenvalue weighted by molar-refractivity contribution is 6.00. The van der Waals surface area contributed by atoms with Crippen LogP contribution in [0.2, 0.25) is 0 Å². The Morgan fingerprint density at radius 2 is 2.00 bits per heavy atom. The molecule has 2 aromatic rings. The highest BCUT2D eigenvalue weighted by atomic mass is 16.5. The van der Waals surface area contributed by atoms with E-state index < -0.39 is 5.54 Å². The second-order valence-electron chi connectivity index (χ2n) is 8.63. The SMILES string of the molecule is CC(C)CNC(=O)[C@@]1(Cc2ccccc2CN=[N+]=[N-])COC(c2ccc(OCCCO)cc2)=N1. The molecule has 0 aliphatic carbocycles. The number of nitrogens with zero attached hydrogens (tertiary/aromatic N) is 4. The quantitative estimate of drug-likeness (QED) is 0.214. The van der Waals surface area contributed by atoms with Gasteiger partial charge in [0, 0.05) is 36.5 Å². The molecule has 2 N–H and O–H groups in total. The van der Waals surface area contributed by atoms with Gasteiger partial charge in [0.15, 0.2) is 5.54 Å². The zero-order valence-electron chi connectivity index (χ0n) is 19.6. The van der Waals surface area contributed by atoms with Crippen LogP contribution in [-0.2, 0) is 22.5 Å². The molecule has 2 aromatic carbocycles. The molecule has 0 aromatic heterocycles. The Bertz CT molecular complexity index is 1050. The fourth-order valence-corrected chi connectivity index (χ4v) is 3.60. The van der Waals surface area contributed by atoms with Crippen molar-refractivity contribution < 1.29 is 19.4 Å². The second-order valence-corrected chi connectivity index (χ2v) is 8.63. The molecule has 1 atom stereocenters. The van der Waals surface area contributed by atoms with Crippen molar-refractivity contribution in [2.24, 2.45) is 16.0 Å². The molecule has 0 spiro atoms. The Kier molecular flexibility index (Phi) is 8.90. The summed E-state index contributed by atoms with van der Waals surface area (Å²) in [7, 11) is 0.